The summed E-state index contributed by atoms with van der Waals surface area (Å²) in [7, 11) is 4.18. The van der Waals surface area contributed by atoms with E-state index in [2.05, 4.69) is 0 Å². The van der Waals surface area contributed by atoms with Crippen molar-refractivity contribution in [1.82, 2.24) is 0 Å². The Hall–Kier alpha value is -1.21. The zero-order valence-electron chi connectivity index (χ0n) is 28.9. The molecule has 0 aromatic heterocycles. The summed E-state index contributed by atoms with van der Waals surface area (Å²) in [6, 6.07) is 0. The molecule has 0 aromatic rings. The molecule has 4 rings (SSSR count). The Morgan fingerprint density at radius 2 is 0.961 bits per heavy atom. The summed E-state index contributed by atoms with van der Waals surface area (Å²) in [5.74, 6) is -1.33. The van der Waals surface area contributed by atoms with Gasteiger partial charge in [0.25, 0.3) is 0 Å². The van der Waals surface area contributed by atoms with E-state index in [1.165, 1.54) is 35.2 Å². The van der Waals surface area contributed by atoms with Crippen LogP contribution in [0.4, 0.5) is 0 Å². The van der Waals surface area contributed by atoms with Crippen molar-refractivity contribution in [2.24, 2.45) is 0 Å². The highest BCUT2D eigenvalue weighted by molar-refractivity contribution is 5.73. The molecule has 19 heteroatoms. The van der Waals surface area contributed by atoms with Gasteiger partial charge in [-0.1, -0.05) is 14.9 Å². The van der Waals surface area contributed by atoms with Gasteiger partial charge in [0.1, 0.15) is 79.4 Å². The molecule has 19 nitrogen and oxygen atoms in total. The fraction of sp³-hybridized carbons (Fsp3) is 0.969. The van der Waals surface area contributed by atoms with E-state index < -0.39 is 116 Å². The number of aliphatic hydroxyl groups excluding tert-OH is 9. The smallest absolute Gasteiger partial charge is 0.335 e. The van der Waals surface area contributed by atoms with Crippen LogP contribution in [0.2, 0.25) is 0 Å². The summed E-state index contributed by atoms with van der Waals surface area (Å²) in [5, 5.41) is 95.8. The molecule has 4 fully saturated rings. The fourth-order valence-electron chi connectivity index (χ4n) is 6.05. The van der Waals surface area contributed by atoms with E-state index in [0.29, 0.717) is 0 Å². The second-order valence-corrected chi connectivity index (χ2v) is 12.5. The summed E-state index contributed by atoms with van der Waals surface area (Å²) >= 11 is 0. The highest BCUT2D eigenvalue weighted by Crippen LogP contribution is 2.30. The maximum absolute atomic E-state index is 11.4. The fourth-order valence-corrected chi connectivity index (χ4v) is 6.05. The minimum Gasteiger partial charge on any atom is -0.479 e. The van der Waals surface area contributed by atoms with Crippen LogP contribution in [0.3, 0.4) is 0 Å². The van der Waals surface area contributed by atoms with Crippen molar-refractivity contribution in [3.8, 4) is 0 Å². The lowest BCUT2D eigenvalue weighted by Gasteiger charge is -2.45. The van der Waals surface area contributed by atoms with E-state index in [1.54, 1.807) is 13.8 Å². The van der Waals surface area contributed by atoms with Crippen molar-refractivity contribution in [3.63, 3.8) is 0 Å². The molecular formula is C32H64O19. The highest BCUT2D eigenvalue weighted by Gasteiger charge is 2.52. The number of carboxylic acid groups (broad SMARTS) is 1. The van der Waals surface area contributed by atoms with Crippen molar-refractivity contribution in [2.75, 3.05) is 27.9 Å². The van der Waals surface area contributed by atoms with Gasteiger partial charge in [0.05, 0.1) is 37.1 Å². The van der Waals surface area contributed by atoms with E-state index in [9.17, 15) is 50.8 Å². The third kappa shape index (κ3) is 11.9. The Morgan fingerprint density at radius 3 is 1.45 bits per heavy atom. The van der Waals surface area contributed by atoms with Gasteiger partial charge in [-0.25, -0.2) is 4.79 Å². The zero-order chi connectivity index (χ0) is 37.5. The van der Waals surface area contributed by atoms with Gasteiger partial charge in [-0.15, -0.1) is 0 Å². The molecule has 20 atom stereocenters. The molecule has 17 unspecified atom stereocenters. The monoisotopic (exact) mass is 752 g/mol. The number of hydrogen-bond acceptors (Lipinski definition) is 18. The van der Waals surface area contributed by atoms with Gasteiger partial charge >= 0.3 is 5.97 Å². The molecule has 0 bridgehead atoms. The topological polar surface area (TPSA) is 293 Å². The molecule has 0 amide bonds. The van der Waals surface area contributed by atoms with Gasteiger partial charge < -0.3 is 89.0 Å². The van der Waals surface area contributed by atoms with Gasteiger partial charge in [0.2, 0.25) is 0 Å². The summed E-state index contributed by atoms with van der Waals surface area (Å²) in [4.78, 5) is 11.4. The summed E-state index contributed by atoms with van der Waals surface area (Å²) in [6.45, 7) is 7.91. The first-order valence-electron chi connectivity index (χ1n) is 16.0. The predicted molar refractivity (Wildman–Crippen MR) is 177 cm³/mol. The lowest BCUT2D eigenvalue weighted by Crippen LogP contribution is -2.64. The Bertz CT molecular complexity index is 979. The maximum Gasteiger partial charge on any atom is 0.335 e. The normalized spacial score (nSPS) is 46.8. The van der Waals surface area contributed by atoms with Crippen molar-refractivity contribution < 1.29 is 93.8 Å². The van der Waals surface area contributed by atoms with Crippen LogP contribution in [0, 0.1) is 0 Å². The van der Waals surface area contributed by atoms with Gasteiger partial charge in [-0.05, 0) is 34.6 Å². The molecule has 0 saturated carbocycles. The largest absolute Gasteiger partial charge is 0.479 e. The van der Waals surface area contributed by atoms with Crippen LogP contribution in [-0.4, -0.2) is 207 Å². The molecule has 4 aliphatic rings. The van der Waals surface area contributed by atoms with E-state index in [0.717, 1.165) is 0 Å². The van der Waals surface area contributed by atoms with Gasteiger partial charge in [0.15, 0.2) is 12.4 Å². The minimum atomic E-state index is -1.61. The van der Waals surface area contributed by atoms with Crippen LogP contribution >= 0.6 is 0 Å². The van der Waals surface area contributed by atoms with Crippen LogP contribution in [0.25, 0.3) is 0 Å². The number of hydrogen-bond donors (Lipinski definition) is 10. The molecule has 51 heavy (non-hydrogen) atoms. The molecule has 4 heterocycles. The first-order chi connectivity index (χ1) is 22.9. The third-order valence-corrected chi connectivity index (χ3v) is 9.12. The molecule has 10 N–H and O–H groups in total. The first kappa shape index (κ1) is 49.8. The number of rotatable bonds is 7. The number of carboxylic acids is 1. The SMILES string of the molecule is C.C.COC1C(O)C(CO)O[C@H](C)C1O.COC1C(O)C(O)C(C)O[C@H]1C.COC1C(OC2OC(C)C(O)C(O)C2O)C(C(=O)O)O[C@H](C)C1O. The Kier molecular flexibility index (Phi) is 21.7. The van der Waals surface area contributed by atoms with E-state index in [1.807, 2.05) is 6.92 Å². The van der Waals surface area contributed by atoms with Crippen LogP contribution < -0.4 is 0 Å². The van der Waals surface area contributed by atoms with Crippen molar-refractivity contribution in [1.29, 1.82) is 0 Å². The Balaban J connectivity index is 0.000000788. The summed E-state index contributed by atoms with van der Waals surface area (Å²) in [5.41, 5.74) is 0. The first-order valence-corrected chi connectivity index (χ1v) is 16.0. The Morgan fingerprint density at radius 1 is 0.510 bits per heavy atom. The third-order valence-electron chi connectivity index (χ3n) is 9.12. The average Bonchev–Trinajstić information content (AvgIpc) is 3.05. The molecule has 306 valence electrons. The van der Waals surface area contributed by atoms with Gasteiger partial charge in [-0.3, -0.25) is 0 Å². The van der Waals surface area contributed by atoms with E-state index >= 15 is 0 Å². The maximum atomic E-state index is 11.4. The quantitative estimate of drug-likeness (QED) is 0.122. The standard InChI is InChI=1S/C14H24O10.C8H16O5.C8H16O4.2CH4/c1-4-6(15)8(17)9(18)14(23-4)24-11-10(21-3)7(16)5(2)22-12(11)13(19)20;1-4-6(10)8(12-2)7(11)5(3-9)13-4;1-4-6(9)7(10)8(11-3)5(2)12-4;;/h4-12,14-18H,1-3H3,(H,19,20);4-11H,3H2,1-2H3;4-10H,1-3H3;2*1H4/t4?,5-,6?,7?,8?,9?,10?,11?,12?,14?;4-,5?,6?,7?,8?;4?,5-,6?,7?,8?;;/m110../s1. The van der Waals surface area contributed by atoms with Crippen molar-refractivity contribution in [3.05, 3.63) is 0 Å². The number of carbonyl (C=O) groups is 1. The molecule has 0 aromatic carbocycles. The molecular weight excluding hydrogens is 688 g/mol. The number of methoxy groups -OCH3 is 3. The molecule has 0 spiro atoms. The highest BCUT2D eigenvalue weighted by atomic mass is 16.7. The lowest BCUT2D eigenvalue weighted by atomic mass is 9.94. The van der Waals surface area contributed by atoms with Crippen LogP contribution in [0.15, 0.2) is 0 Å². The number of aliphatic hydroxyl groups is 9. The van der Waals surface area contributed by atoms with Gasteiger partial charge in [-0.2, -0.15) is 0 Å². The second kappa shape index (κ2) is 22.2. The predicted octanol–water partition coefficient (Wildman–Crippen LogP) is -3.25. The molecule has 0 radical (unpaired) electrons. The van der Waals surface area contributed by atoms with Crippen LogP contribution in [-0.2, 0) is 42.7 Å². The Labute approximate surface area is 299 Å². The van der Waals surface area contributed by atoms with E-state index in [-0.39, 0.29) is 33.7 Å². The van der Waals surface area contributed by atoms with Crippen molar-refractivity contribution >= 4 is 5.97 Å². The summed E-state index contributed by atoms with van der Waals surface area (Å²) < 4.78 is 41.6. The van der Waals surface area contributed by atoms with E-state index in [4.69, 9.17) is 43.0 Å². The van der Waals surface area contributed by atoms with Crippen LogP contribution in [0.5, 0.6) is 0 Å². The minimum absolute atomic E-state index is 0. The average molecular weight is 753 g/mol. The zero-order valence-corrected chi connectivity index (χ0v) is 28.9. The number of aliphatic carboxylic acids is 1. The second-order valence-electron chi connectivity index (χ2n) is 12.5. The molecule has 0 aliphatic carbocycles. The lowest BCUT2D eigenvalue weighted by molar-refractivity contribution is -0.334. The number of ether oxygens (including phenoxy) is 8. The van der Waals surface area contributed by atoms with Crippen molar-refractivity contribution in [2.45, 2.75) is 172 Å². The molecule has 4 aliphatic heterocycles. The summed E-state index contributed by atoms with van der Waals surface area (Å²) in [6.07, 6.45) is -18.8. The van der Waals surface area contributed by atoms with Gasteiger partial charge in [0, 0.05) is 21.3 Å². The molecule has 4 saturated heterocycles. The van der Waals surface area contributed by atoms with Crippen LogP contribution in [0.1, 0.15) is 49.5 Å².